The van der Waals surface area contributed by atoms with Gasteiger partial charge >= 0.3 is 11.7 Å². The molecular formula is C17H18N2O4. The zero-order valence-corrected chi connectivity index (χ0v) is 13.1. The molecule has 2 rings (SSSR count). The summed E-state index contributed by atoms with van der Waals surface area (Å²) in [5, 5.41) is 11.4. The molecule has 1 amide bonds. The highest BCUT2D eigenvalue weighted by molar-refractivity contribution is 5.88. The highest BCUT2D eigenvalue weighted by atomic mass is 16.5. The summed E-state index contributed by atoms with van der Waals surface area (Å²) < 4.78 is 5.32. The fourth-order valence-corrected chi connectivity index (χ4v) is 2.03. The molecule has 0 spiro atoms. The molecule has 1 aromatic heterocycles. The summed E-state index contributed by atoms with van der Waals surface area (Å²) in [4.78, 5) is 25.3. The molecule has 23 heavy (non-hydrogen) atoms. The van der Waals surface area contributed by atoms with Crippen LogP contribution in [0.15, 0.2) is 48.7 Å². The van der Waals surface area contributed by atoms with Crippen LogP contribution in [0.5, 0.6) is 0 Å². The minimum absolute atomic E-state index is 0.151. The quantitative estimate of drug-likeness (QED) is 0.475. The lowest BCUT2D eigenvalue weighted by atomic mass is 10.1. The normalized spacial score (nSPS) is 10.2. The number of aromatic nitrogens is 1. The van der Waals surface area contributed by atoms with Gasteiger partial charge in [0.2, 0.25) is 0 Å². The van der Waals surface area contributed by atoms with Gasteiger partial charge in [-0.1, -0.05) is 24.3 Å². The predicted octanol–water partition coefficient (Wildman–Crippen LogP) is 1.44. The highest BCUT2D eigenvalue weighted by Crippen LogP contribution is 2.09. The molecule has 1 aromatic carbocycles. The van der Waals surface area contributed by atoms with Crippen molar-refractivity contribution in [3.05, 3.63) is 70.7 Å². The molecule has 2 aromatic rings. The lowest BCUT2D eigenvalue weighted by Gasteiger charge is -2.18. The molecule has 0 aliphatic heterocycles. The topological polar surface area (TPSA) is 73.5 Å². The van der Waals surface area contributed by atoms with Crippen molar-refractivity contribution in [1.29, 1.82) is 0 Å². The molecule has 0 saturated heterocycles. The van der Waals surface area contributed by atoms with E-state index in [1.807, 2.05) is 31.2 Å². The molecule has 0 aliphatic rings. The maximum atomic E-state index is 12.0. The zero-order chi connectivity index (χ0) is 16.8. The number of nitrogens with zero attached hydrogens (tertiary/aromatic N) is 2. The van der Waals surface area contributed by atoms with Gasteiger partial charge in [0.25, 0.3) is 5.91 Å². The Morgan fingerprint density at radius 3 is 2.57 bits per heavy atom. The molecular weight excluding hydrogens is 296 g/mol. The molecule has 0 fully saturated rings. The van der Waals surface area contributed by atoms with Crippen LogP contribution in [-0.2, 0) is 16.1 Å². The first-order chi connectivity index (χ1) is 11.0. The van der Waals surface area contributed by atoms with E-state index in [1.165, 1.54) is 23.2 Å². The Morgan fingerprint density at radius 1 is 1.17 bits per heavy atom. The van der Waals surface area contributed by atoms with Crippen LogP contribution in [-0.4, -0.2) is 30.4 Å². The first-order valence-electron chi connectivity index (χ1n) is 7.13. The second-order valence-electron chi connectivity index (χ2n) is 5.16. The average Bonchev–Trinajstić information content (AvgIpc) is 2.54. The summed E-state index contributed by atoms with van der Waals surface area (Å²) in [5.74, 6) is -1.16. The van der Waals surface area contributed by atoms with E-state index in [4.69, 9.17) is 4.74 Å². The van der Waals surface area contributed by atoms with E-state index in [0.717, 1.165) is 11.1 Å². The second kappa shape index (κ2) is 7.40. The molecule has 0 N–H and O–H groups in total. The molecule has 0 atom stereocenters. The molecule has 0 unspecified atom stereocenters. The van der Waals surface area contributed by atoms with E-state index in [0.29, 0.717) is 11.3 Å². The van der Waals surface area contributed by atoms with E-state index in [-0.39, 0.29) is 11.6 Å². The number of likely N-dealkylation sites (N-methyl/N-ethyl adjacent to an activating group) is 1. The summed E-state index contributed by atoms with van der Waals surface area (Å²) in [6, 6.07) is 12.1. The van der Waals surface area contributed by atoms with Gasteiger partial charge in [0, 0.05) is 25.7 Å². The van der Waals surface area contributed by atoms with Gasteiger partial charge in [-0.05, 0) is 24.1 Å². The van der Waals surface area contributed by atoms with E-state index in [9.17, 15) is 14.8 Å². The Balaban J connectivity index is 1.91. The molecule has 6 heteroatoms. The van der Waals surface area contributed by atoms with E-state index in [1.54, 1.807) is 13.1 Å². The van der Waals surface area contributed by atoms with Crippen LogP contribution in [0.3, 0.4) is 0 Å². The minimum Gasteiger partial charge on any atom is -0.618 e. The van der Waals surface area contributed by atoms with Gasteiger partial charge in [-0.2, -0.15) is 4.73 Å². The van der Waals surface area contributed by atoms with E-state index in [2.05, 4.69) is 0 Å². The minimum atomic E-state index is -0.821. The van der Waals surface area contributed by atoms with Gasteiger partial charge in [-0.3, -0.25) is 4.79 Å². The number of pyridine rings is 1. The number of carbonyl (C=O) groups excluding carboxylic acids is 2. The largest absolute Gasteiger partial charge is 0.618 e. The maximum Gasteiger partial charge on any atom is 0.405 e. The third-order valence-corrected chi connectivity index (χ3v) is 3.45. The average molecular weight is 314 g/mol. The number of amides is 1. The molecule has 0 saturated carbocycles. The number of rotatable bonds is 5. The van der Waals surface area contributed by atoms with Crippen molar-refractivity contribution in [2.24, 2.45) is 0 Å². The zero-order valence-electron chi connectivity index (χ0n) is 13.1. The number of benzene rings is 1. The molecule has 0 aliphatic carbocycles. The highest BCUT2D eigenvalue weighted by Gasteiger charge is 2.19. The van der Waals surface area contributed by atoms with Crippen LogP contribution in [0, 0.1) is 12.1 Å². The van der Waals surface area contributed by atoms with Crippen LogP contribution in [0.4, 0.5) is 0 Å². The Bertz CT molecular complexity index is 715. The number of hydrogen-bond acceptors (Lipinski definition) is 4. The van der Waals surface area contributed by atoms with Gasteiger partial charge in [0.05, 0.1) is 0 Å². The van der Waals surface area contributed by atoms with Crippen LogP contribution in [0.25, 0.3) is 0 Å². The van der Waals surface area contributed by atoms with Crippen molar-refractivity contribution >= 4 is 11.9 Å². The number of esters is 1. The maximum absolute atomic E-state index is 12.0. The van der Waals surface area contributed by atoms with Crippen molar-refractivity contribution in [1.82, 2.24) is 4.90 Å². The Kier molecular flexibility index (Phi) is 5.30. The Morgan fingerprint density at radius 2 is 1.87 bits per heavy atom. The van der Waals surface area contributed by atoms with E-state index >= 15 is 0 Å². The smallest absolute Gasteiger partial charge is 0.405 e. The first kappa shape index (κ1) is 16.5. The second-order valence-corrected chi connectivity index (χ2v) is 5.16. The number of hydrogen-bond donors (Lipinski definition) is 0. The lowest BCUT2D eigenvalue weighted by Crippen LogP contribution is -2.36. The van der Waals surface area contributed by atoms with E-state index < -0.39 is 12.6 Å². The standard InChI is InChI=1S/C17H18N2O4/c1-13-7-3-4-8-14(13)11-18(2)16(20)12-23-17(21)15-9-5-6-10-19(15)22/h3-10H,11-12H2,1-2H3. The third-order valence-electron chi connectivity index (χ3n) is 3.45. The van der Waals surface area contributed by atoms with Crippen LogP contribution >= 0.6 is 0 Å². The van der Waals surface area contributed by atoms with Crippen molar-refractivity contribution in [3.8, 4) is 0 Å². The van der Waals surface area contributed by atoms with Crippen LogP contribution < -0.4 is 4.73 Å². The Labute approximate surface area is 134 Å². The van der Waals surface area contributed by atoms with Crippen LogP contribution in [0.1, 0.15) is 21.6 Å². The summed E-state index contributed by atoms with van der Waals surface area (Å²) in [7, 11) is 1.64. The molecule has 0 bridgehead atoms. The molecule has 1 heterocycles. The molecule has 6 nitrogen and oxygen atoms in total. The first-order valence-corrected chi connectivity index (χ1v) is 7.13. The number of aryl methyl sites for hydroxylation is 1. The third kappa shape index (κ3) is 4.29. The van der Waals surface area contributed by atoms with Gasteiger partial charge in [-0.15, -0.1) is 0 Å². The predicted molar refractivity (Wildman–Crippen MR) is 83.3 cm³/mol. The van der Waals surface area contributed by atoms with Crippen LogP contribution in [0.2, 0.25) is 0 Å². The Hall–Kier alpha value is -2.89. The van der Waals surface area contributed by atoms with Crippen molar-refractivity contribution < 1.29 is 19.1 Å². The lowest BCUT2D eigenvalue weighted by molar-refractivity contribution is -0.608. The SMILES string of the molecule is Cc1ccccc1CN(C)C(=O)COC(=O)c1cccc[n+]1[O-]. The summed E-state index contributed by atoms with van der Waals surface area (Å²) in [6.45, 7) is 1.99. The summed E-state index contributed by atoms with van der Waals surface area (Å²) in [6.07, 6.45) is 1.20. The van der Waals surface area contributed by atoms with Gasteiger partial charge in [-0.25, -0.2) is 4.79 Å². The summed E-state index contributed by atoms with van der Waals surface area (Å²) in [5.41, 5.74) is 1.96. The number of ether oxygens (including phenoxy) is 1. The van der Waals surface area contributed by atoms with Crippen molar-refractivity contribution in [3.63, 3.8) is 0 Å². The van der Waals surface area contributed by atoms with Crippen molar-refractivity contribution in [2.45, 2.75) is 13.5 Å². The molecule has 0 radical (unpaired) electrons. The fourth-order valence-electron chi connectivity index (χ4n) is 2.03. The van der Waals surface area contributed by atoms with Gasteiger partial charge < -0.3 is 14.8 Å². The monoisotopic (exact) mass is 314 g/mol. The molecule has 120 valence electrons. The summed E-state index contributed by atoms with van der Waals surface area (Å²) >= 11 is 0. The number of carbonyl (C=O) groups is 2. The van der Waals surface area contributed by atoms with Gasteiger partial charge in [0.15, 0.2) is 12.8 Å². The van der Waals surface area contributed by atoms with Gasteiger partial charge in [0.1, 0.15) is 0 Å². The fraction of sp³-hybridized carbons (Fsp3) is 0.235. The van der Waals surface area contributed by atoms with Crippen molar-refractivity contribution in [2.75, 3.05) is 13.7 Å².